The minimum atomic E-state index is -4.13. The van der Waals surface area contributed by atoms with Gasteiger partial charge in [0.25, 0.3) is 21.6 Å². The second kappa shape index (κ2) is 8.18. The molecule has 0 unspecified atom stereocenters. The minimum absolute atomic E-state index is 0.107. The molecule has 1 saturated heterocycles. The molecule has 9 nitrogen and oxygen atoms in total. The van der Waals surface area contributed by atoms with E-state index in [-0.39, 0.29) is 39.9 Å². The van der Waals surface area contributed by atoms with Gasteiger partial charge in [0, 0.05) is 25.2 Å². The summed E-state index contributed by atoms with van der Waals surface area (Å²) in [6.45, 7) is 4.53. The maximum Gasteiger partial charge on any atom is 0.270 e. The van der Waals surface area contributed by atoms with Gasteiger partial charge in [-0.05, 0) is 32.0 Å². The fourth-order valence-electron chi connectivity index (χ4n) is 3.24. The lowest BCUT2D eigenvalue weighted by atomic mass is 10.1. The van der Waals surface area contributed by atoms with Gasteiger partial charge in [0.15, 0.2) is 0 Å². The first-order valence-corrected chi connectivity index (χ1v) is 10.5. The number of nitrogens with zero attached hydrogens (tertiary/aromatic N) is 2. The zero-order valence-electron chi connectivity index (χ0n) is 15.9. The van der Waals surface area contributed by atoms with E-state index in [1.54, 1.807) is 23.1 Å². The highest BCUT2D eigenvalue weighted by atomic mass is 32.2. The molecule has 2 aromatic carbocycles. The summed E-state index contributed by atoms with van der Waals surface area (Å²) in [7, 11) is -4.13. The quantitative estimate of drug-likeness (QED) is 0.588. The van der Waals surface area contributed by atoms with Crippen molar-refractivity contribution in [3.63, 3.8) is 0 Å². The van der Waals surface area contributed by atoms with Gasteiger partial charge in [0.2, 0.25) is 0 Å². The predicted octanol–water partition coefficient (Wildman–Crippen LogP) is 2.65. The molecule has 1 heterocycles. The van der Waals surface area contributed by atoms with Crippen molar-refractivity contribution in [2.45, 2.75) is 31.0 Å². The van der Waals surface area contributed by atoms with Gasteiger partial charge >= 0.3 is 0 Å². The van der Waals surface area contributed by atoms with E-state index in [0.29, 0.717) is 13.1 Å². The molecule has 154 valence electrons. The van der Waals surface area contributed by atoms with Crippen LogP contribution in [0, 0.1) is 10.1 Å². The number of benzene rings is 2. The number of carbonyl (C=O) groups excluding carboxylic acids is 1. The molecule has 1 N–H and O–H groups in total. The van der Waals surface area contributed by atoms with Crippen LogP contribution in [0.2, 0.25) is 0 Å². The molecule has 2 atom stereocenters. The first-order valence-electron chi connectivity index (χ1n) is 8.98. The van der Waals surface area contributed by atoms with Crippen LogP contribution in [-0.4, -0.2) is 49.4 Å². The predicted molar refractivity (Wildman–Crippen MR) is 106 cm³/mol. The van der Waals surface area contributed by atoms with Gasteiger partial charge in [-0.25, -0.2) is 8.42 Å². The van der Waals surface area contributed by atoms with Gasteiger partial charge in [-0.3, -0.25) is 19.6 Å². The summed E-state index contributed by atoms with van der Waals surface area (Å²) in [5, 5.41) is 10.9. The Morgan fingerprint density at radius 2 is 1.79 bits per heavy atom. The monoisotopic (exact) mass is 419 g/mol. The first-order chi connectivity index (χ1) is 13.7. The fraction of sp³-hybridized carbons (Fsp3) is 0.316. The third-order valence-corrected chi connectivity index (χ3v) is 5.81. The molecule has 0 saturated carbocycles. The second-order valence-electron chi connectivity index (χ2n) is 6.87. The maximum absolute atomic E-state index is 13.0. The summed E-state index contributed by atoms with van der Waals surface area (Å²) in [6.07, 6.45) is -0.257. The Hall–Kier alpha value is -2.98. The lowest BCUT2D eigenvalue weighted by Gasteiger charge is -2.35. The van der Waals surface area contributed by atoms with E-state index in [2.05, 4.69) is 4.72 Å². The minimum Gasteiger partial charge on any atom is -0.372 e. The summed E-state index contributed by atoms with van der Waals surface area (Å²) >= 11 is 0. The van der Waals surface area contributed by atoms with Crippen molar-refractivity contribution in [3.8, 4) is 0 Å². The van der Waals surface area contributed by atoms with Crippen LogP contribution >= 0.6 is 0 Å². The van der Waals surface area contributed by atoms with E-state index < -0.39 is 14.9 Å². The molecule has 3 rings (SSSR count). The van der Waals surface area contributed by atoms with Gasteiger partial charge in [0.1, 0.15) is 0 Å². The Morgan fingerprint density at radius 3 is 2.45 bits per heavy atom. The van der Waals surface area contributed by atoms with Gasteiger partial charge in [-0.2, -0.15) is 0 Å². The van der Waals surface area contributed by atoms with E-state index in [4.69, 9.17) is 4.74 Å². The van der Waals surface area contributed by atoms with Gasteiger partial charge in [-0.1, -0.05) is 18.2 Å². The third kappa shape index (κ3) is 4.72. The Morgan fingerprint density at radius 1 is 1.14 bits per heavy atom. The smallest absolute Gasteiger partial charge is 0.270 e. The van der Waals surface area contributed by atoms with E-state index in [0.717, 1.165) is 6.07 Å². The van der Waals surface area contributed by atoms with Crippen molar-refractivity contribution >= 4 is 27.3 Å². The molecule has 1 amide bonds. The number of anilines is 1. The zero-order chi connectivity index (χ0) is 21.2. The lowest BCUT2D eigenvalue weighted by molar-refractivity contribution is -0.385. The number of non-ortho nitro benzene ring substituents is 1. The number of hydrogen-bond acceptors (Lipinski definition) is 6. The van der Waals surface area contributed by atoms with Gasteiger partial charge < -0.3 is 9.64 Å². The van der Waals surface area contributed by atoms with Crippen molar-refractivity contribution in [1.82, 2.24) is 4.90 Å². The molecule has 0 bridgehead atoms. The van der Waals surface area contributed by atoms with E-state index in [9.17, 15) is 23.3 Å². The number of hydrogen-bond donors (Lipinski definition) is 1. The number of para-hydroxylation sites is 1. The van der Waals surface area contributed by atoms with Crippen LogP contribution in [0.15, 0.2) is 53.4 Å². The highest BCUT2D eigenvalue weighted by Crippen LogP contribution is 2.24. The number of carbonyl (C=O) groups is 1. The number of ether oxygens (including phenoxy) is 1. The highest BCUT2D eigenvalue weighted by Gasteiger charge is 2.28. The van der Waals surface area contributed by atoms with Crippen LogP contribution in [0.1, 0.15) is 24.2 Å². The molecular weight excluding hydrogens is 398 g/mol. The Kier molecular flexibility index (Phi) is 5.85. The number of rotatable bonds is 5. The molecule has 0 aliphatic carbocycles. The number of nitrogens with one attached hydrogen (secondary N) is 1. The Bertz CT molecular complexity index is 1030. The van der Waals surface area contributed by atoms with Crippen molar-refractivity contribution < 1.29 is 22.9 Å². The van der Waals surface area contributed by atoms with Crippen LogP contribution in [0.3, 0.4) is 0 Å². The van der Waals surface area contributed by atoms with Crippen molar-refractivity contribution in [2.24, 2.45) is 0 Å². The summed E-state index contributed by atoms with van der Waals surface area (Å²) in [6, 6.07) is 11.0. The maximum atomic E-state index is 13.0. The number of nitro groups is 1. The summed E-state index contributed by atoms with van der Waals surface area (Å²) < 4.78 is 33.5. The van der Waals surface area contributed by atoms with E-state index in [1.165, 1.54) is 24.3 Å². The lowest BCUT2D eigenvalue weighted by Crippen LogP contribution is -2.48. The molecular formula is C19H21N3O6S. The molecule has 0 radical (unpaired) electrons. The van der Waals surface area contributed by atoms with E-state index in [1.807, 2.05) is 13.8 Å². The average molecular weight is 419 g/mol. The topological polar surface area (TPSA) is 119 Å². The molecule has 29 heavy (non-hydrogen) atoms. The van der Waals surface area contributed by atoms with E-state index >= 15 is 0 Å². The summed E-state index contributed by atoms with van der Waals surface area (Å²) in [5.74, 6) is -0.315. The summed E-state index contributed by atoms with van der Waals surface area (Å²) in [4.78, 5) is 24.7. The van der Waals surface area contributed by atoms with Crippen LogP contribution < -0.4 is 4.72 Å². The van der Waals surface area contributed by atoms with Gasteiger partial charge in [-0.15, -0.1) is 0 Å². The van der Waals surface area contributed by atoms with Crippen LogP contribution in [0.5, 0.6) is 0 Å². The number of nitro benzene ring substituents is 1. The molecule has 1 aliphatic heterocycles. The van der Waals surface area contributed by atoms with Gasteiger partial charge in [0.05, 0.1) is 33.3 Å². The normalized spacial score (nSPS) is 19.6. The standard InChI is InChI=1S/C19H21N3O6S/c1-13-11-21(12-14(2)28-13)19(23)17-8-3-4-9-18(17)20-29(26,27)16-7-5-6-15(10-16)22(24)25/h3-10,13-14,20H,11-12H2,1-2H3/t13-,14-/m1/s1. The SMILES string of the molecule is C[C@@H]1CN(C(=O)c2ccccc2NS(=O)(=O)c2cccc([N+](=O)[O-])c2)C[C@@H](C)O1. The molecule has 1 fully saturated rings. The molecule has 2 aromatic rings. The number of morpholine rings is 1. The van der Waals surface area contributed by atoms with Crippen LogP contribution in [0.25, 0.3) is 0 Å². The van der Waals surface area contributed by atoms with Crippen molar-refractivity contribution in [2.75, 3.05) is 17.8 Å². The molecule has 0 spiro atoms. The zero-order valence-corrected chi connectivity index (χ0v) is 16.8. The van der Waals surface area contributed by atoms with Crippen LogP contribution in [0.4, 0.5) is 11.4 Å². The Balaban J connectivity index is 1.90. The molecule has 10 heteroatoms. The average Bonchev–Trinajstić information content (AvgIpc) is 2.67. The summed E-state index contributed by atoms with van der Waals surface area (Å²) in [5.41, 5.74) is -0.0351. The first kappa shape index (κ1) is 20.7. The fourth-order valence-corrected chi connectivity index (χ4v) is 4.36. The second-order valence-corrected chi connectivity index (χ2v) is 8.56. The molecule has 1 aliphatic rings. The van der Waals surface area contributed by atoms with Crippen molar-refractivity contribution in [3.05, 3.63) is 64.2 Å². The molecule has 0 aromatic heterocycles. The van der Waals surface area contributed by atoms with Crippen LogP contribution in [-0.2, 0) is 14.8 Å². The highest BCUT2D eigenvalue weighted by molar-refractivity contribution is 7.92. The Labute approximate surface area is 168 Å². The third-order valence-electron chi connectivity index (χ3n) is 4.45. The number of amides is 1. The van der Waals surface area contributed by atoms with Crippen molar-refractivity contribution in [1.29, 1.82) is 0 Å². The number of sulfonamides is 1. The largest absolute Gasteiger partial charge is 0.372 e.